The molecule has 0 aromatic rings. The van der Waals surface area contributed by atoms with Crippen LogP contribution in [0.15, 0.2) is 48.6 Å². The molecule has 0 aliphatic rings. The van der Waals surface area contributed by atoms with Crippen molar-refractivity contribution in [3.63, 3.8) is 0 Å². The number of allylic oxidation sites excluding steroid dienone is 8. The maximum absolute atomic E-state index is 12.9. The molecule has 0 radical (unpaired) electrons. The Bertz CT molecular complexity index is 1280. The van der Waals surface area contributed by atoms with Gasteiger partial charge in [-0.1, -0.05) is 320 Å². The van der Waals surface area contributed by atoms with Crippen molar-refractivity contribution in [2.45, 2.75) is 354 Å². The van der Waals surface area contributed by atoms with E-state index < -0.39 is 6.10 Å². The number of esters is 3. The van der Waals surface area contributed by atoms with Gasteiger partial charge in [0.1, 0.15) is 13.2 Å². The van der Waals surface area contributed by atoms with Crippen LogP contribution in [-0.4, -0.2) is 37.2 Å². The van der Waals surface area contributed by atoms with Gasteiger partial charge in [-0.25, -0.2) is 0 Å². The molecule has 0 aromatic heterocycles. The Morgan fingerprint density at radius 3 is 0.824 bits per heavy atom. The minimum absolute atomic E-state index is 0.0659. The summed E-state index contributed by atoms with van der Waals surface area (Å²) in [7, 11) is 0. The van der Waals surface area contributed by atoms with Crippen molar-refractivity contribution < 1.29 is 28.6 Å². The Labute approximate surface area is 460 Å². The molecule has 0 heterocycles. The largest absolute Gasteiger partial charge is 0.462 e. The molecule has 432 valence electrons. The van der Waals surface area contributed by atoms with Gasteiger partial charge in [0.2, 0.25) is 0 Å². The minimum atomic E-state index is -0.766. The average Bonchev–Trinajstić information content (AvgIpc) is 3.40. The number of unbranched alkanes of at least 4 members (excludes halogenated alkanes) is 41. The Morgan fingerprint density at radius 1 is 0.284 bits per heavy atom. The molecule has 0 spiro atoms. The lowest BCUT2D eigenvalue weighted by Gasteiger charge is -2.18. The molecule has 0 aliphatic heterocycles. The number of carbonyl (C=O) groups is 3. The Balaban J connectivity index is 4.06. The molecule has 0 rings (SSSR count). The third-order valence-corrected chi connectivity index (χ3v) is 14.6. The Morgan fingerprint density at radius 2 is 0.527 bits per heavy atom. The van der Waals surface area contributed by atoms with Gasteiger partial charge < -0.3 is 14.2 Å². The monoisotopic (exact) mass is 1040 g/mol. The summed E-state index contributed by atoms with van der Waals surface area (Å²) < 4.78 is 16.9. The second-order valence-corrected chi connectivity index (χ2v) is 22.0. The zero-order valence-electron chi connectivity index (χ0n) is 49.6. The predicted octanol–water partition coefficient (Wildman–Crippen LogP) is 22.2. The number of hydrogen-bond donors (Lipinski definition) is 0. The fourth-order valence-electron chi connectivity index (χ4n) is 9.73. The quantitative estimate of drug-likeness (QED) is 0.0261. The van der Waals surface area contributed by atoms with Gasteiger partial charge in [-0.15, -0.1) is 0 Å². The molecule has 1 atom stereocenters. The van der Waals surface area contributed by atoms with Crippen LogP contribution in [0.2, 0.25) is 0 Å². The number of hydrogen-bond acceptors (Lipinski definition) is 6. The smallest absolute Gasteiger partial charge is 0.306 e. The molecule has 0 saturated carbocycles. The number of rotatable bonds is 60. The first kappa shape index (κ1) is 71.4. The van der Waals surface area contributed by atoms with Crippen LogP contribution >= 0.6 is 0 Å². The summed E-state index contributed by atoms with van der Waals surface area (Å²) in [4.78, 5) is 38.1. The third-order valence-electron chi connectivity index (χ3n) is 14.6. The van der Waals surface area contributed by atoms with E-state index in [0.717, 1.165) is 83.5 Å². The van der Waals surface area contributed by atoms with E-state index in [2.05, 4.69) is 69.4 Å². The van der Waals surface area contributed by atoms with Crippen molar-refractivity contribution in [3.8, 4) is 0 Å². The summed E-state index contributed by atoms with van der Waals surface area (Å²) in [6.45, 7) is 6.56. The van der Waals surface area contributed by atoms with Crippen LogP contribution in [0.1, 0.15) is 348 Å². The highest BCUT2D eigenvalue weighted by Crippen LogP contribution is 2.18. The molecular weight excluding hydrogens is 913 g/mol. The van der Waals surface area contributed by atoms with Crippen molar-refractivity contribution in [3.05, 3.63) is 48.6 Å². The van der Waals surface area contributed by atoms with Crippen LogP contribution in [0.5, 0.6) is 0 Å². The highest BCUT2D eigenvalue weighted by Gasteiger charge is 2.19. The molecule has 0 N–H and O–H groups in total. The van der Waals surface area contributed by atoms with E-state index in [4.69, 9.17) is 14.2 Å². The second kappa shape index (κ2) is 62.9. The van der Waals surface area contributed by atoms with Gasteiger partial charge in [0, 0.05) is 19.3 Å². The highest BCUT2D eigenvalue weighted by molar-refractivity contribution is 5.71. The molecule has 0 fully saturated rings. The van der Waals surface area contributed by atoms with E-state index in [1.165, 1.54) is 225 Å². The molecule has 0 aliphatic carbocycles. The van der Waals surface area contributed by atoms with E-state index in [1.54, 1.807) is 0 Å². The van der Waals surface area contributed by atoms with Gasteiger partial charge in [0.15, 0.2) is 6.10 Å². The van der Waals surface area contributed by atoms with Crippen molar-refractivity contribution in [2.24, 2.45) is 0 Å². The van der Waals surface area contributed by atoms with Crippen molar-refractivity contribution in [2.75, 3.05) is 13.2 Å². The number of ether oxygens (including phenoxy) is 3. The SMILES string of the molecule is CC/C=C\C/C=C\C/C=C\C/C=C\CCCCCCCCCCCCCCCCCCCCC(=O)OCC(COC(=O)CCCCCCCCCCC)OC(=O)CCCCCCCCCCCCCCCCCC. The topological polar surface area (TPSA) is 78.9 Å². The lowest BCUT2D eigenvalue weighted by Crippen LogP contribution is -2.30. The van der Waals surface area contributed by atoms with E-state index in [9.17, 15) is 14.4 Å². The highest BCUT2D eigenvalue weighted by atomic mass is 16.6. The number of carbonyl (C=O) groups excluding carboxylic acids is 3. The molecule has 1 unspecified atom stereocenters. The Kier molecular flexibility index (Phi) is 60.7. The fraction of sp³-hybridized carbons (Fsp3) is 0.838. The van der Waals surface area contributed by atoms with Gasteiger partial charge >= 0.3 is 17.9 Å². The Hall–Kier alpha value is -2.63. The van der Waals surface area contributed by atoms with Crippen molar-refractivity contribution in [1.29, 1.82) is 0 Å². The molecule has 0 amide bonds. The van der Waals surface area contributed by atoms with Crippen LogP contribution in [0, 0.1) is 0 Å². The summed E-state index contributed by atoms with van der Waals surface area (Å²) in [5, 5.41) is 0. The lowest BCUT2D eigenvalue weighted by molar-refractivity contribution is -0.167. The fourth-order valence-corrected chi connectivity index (χ4v) is 9.73. The summed E-state index contributed by atoms with van der Waals surface area (Å²) in [5.74, 6) is -0.845. The molecule has 0 aromatic carbocycles. The molecule has 0 saturated heterocycles. The van der Waals surface area contributed by atoms with E-state index in [0.29, 0.717) is 19.3 Å². The lowest BCUT2D eigenvalue weighted by atomic mass is 10.0. The summed E-state index contributed by atoms with van der Waals surface area (Å²) in [6.07, 6.45) is 78.6. The van der Waals surface area contributed by atoms with Crippen molar-refractivity contribution >= 4 is 17.9 Å². The first-order chi connectivity index (χ1) is 36.5. The first-order valence-corrected chi connectivity index (χ1v) is 32.6. The predicted molar refractivity (Wildman–Crippen MR) is 321 cm³/mol. The van der Waals surface area contributed by atoms with Crippen LogP contribution < -0.4 is 0 Å². The average molecular weight is 1040 g/mol. The maximum atomic E-state index is 12.9. The van der Waals surface area contributed by atoms with Gasteiger partial charge in [-0.2, -0.15) is 0 Å². The molecular formula is C68H124O6. The first-order valence-electron chi connectivity index (χ1n) is 32.6. The minimum Gasteiger partial charge on any atom is -0.462 e. The van der Waals surface area contributed by atoms with Crippen LogP contribution in [0.25, 0.3) is 0 Å². The zero-order chi connectivity index (χ0) is 53.6. The molecule has 74 heavy (non-hydrogen) atoms. The van der Waals surface area contributed by atoms with Gasteiger partial charge in [0.25, 0.3) is 0 Å². The summed E-state index contributed by atoms with van der Waals surface area (Å²) in [5.41, 5.74) is 0. The van der Waals surface area contributed by atoms with E-state index in [1.807, 2.05) is 0 Å². The van der Waals surface area contributed by atoms with Crippen molar-refractivity contribution in [1.82, 2.24) is 0 Å². The van der Waals surface area contributed by atoms with E-state index >= 15 is 0 Å². The summed E-state index contributed by atoms with van der Waals surface area (Å²) in [6, 6.07) is 0. The van der Waals surface area contributed by atoms with Crippen LogP contribution in [0.4, 0.5) is 0 Å². The molecule has 6 heteroatoms. The van der Waals surface area contributed by atoms with Crippen LogP contribution in [-0.2, 0) is 28.6 Å². The molecule has 6 nitrogen and oxygen atoms in total. The normalized spacial score (nSPS) is 12.3. The maximum Gasteiger partial charge on any atom is 0.306 e. The molecule has 0 bridgehead atoms. The standard InChI is InChI=1S/C68H124O6/c1-4-7-10-13-16-19-21-23-25-27-28-29-30-31-32-33-34-35-36-37-38-39-40-41-43-44-46-49-52-55-58-61-67(70)73-64-65(63-72-66(69)60-57-54-51-48-18-15-12-9-6-3)74-68(71)62-59-56-53-50-47-45-42-26-24-22-20-17-14-11-8-5-2/h7,10,16,19,23,25,28-29,65H,4-6,8-9,11-15,17-18,20-22,24,26-27,30-64H2,1-3H3/b10-7-,19-16-,25-23-,29-28-. The van der Waals surface area contributed by atoms with E-state index in [-0.39, 0.29) is 31.1 Å². The van der Waals surface area contributed by atoms with Gasteiger partial charge in [0.05, 0.1) is 0 Å². The zero-order valence-corrected chi connectivity index (χ0v) is 49.6. The summed E-state index contributed by atoms with van der Waals surface area (Å²) >= 11 is 0. The van der Waals surface area contributed by atoms with Gasteiger partial charge in [-0.05, 0) is 57.8 Å². The second-order valence-electron chi connectivity index (χ2n) is 22.0. The third kappa shape index (κ3) is 60.2. The van der Waals surface area contributed by atoms with Crippen LogP contribution in [0.3, 0.4) is 0 Å². The van der Waals surface area contributed by atoms with Gasteiger partial charge in [-0.3, -0.25) is 14.4 Å².